The molecule has 2 rings (SSSR count). The number of carbonyl (C=O) groups is 1. The second kappa shape index (κ2) is 7.59. The average Bonchev–Trinajstić information content (AvgIpc) is 2.99. The zero-order chi connectivity index (χ0) is 15.2. The third kappa shape index (κ3) is 4.56. The number of hydrogen-bond donors (Lipinski definition) is 2. The van der Waals surface area contributed by atoms with Crippen LogP contribution < -0.4 is 10.6 Å². The first-order valence-electron chi connectivity index (χ1n) is 6.88. The van der Waals surface area contributed by atoms with E-state index in [1.165, 1.54) is 0 Å². The molecule has 0 saturated heterocycles. The molecule has 0 unspecified atom stereocenters. The molecule has 1 aromatic heterocycles. The standard InChI is InChI=1S/C16H19ClN2OS/c1-11(13-6-3-4-7-14(13)17)18-10-16(20)19-12(2)15-8-5-9-21-15/h3-9,11-12,18H,10H2,1-2H3,(H,19,20)/t11-,12+/m0/s1. The Hall–Kier alpha value is -1.36. The maximum atomic E-state index is 12.0. The Balaban J connectivity index is 1.83. The fraction of sp³-hybridized carbons (Fsp3) is 0.312. The van der Waals surface area contributed by atoms with Gasteiger partial charge in [-0.05, 0) is 36.9 Å². The van der Waals surface area contributed by atoms with Gasteiger partial charge < -0.3 is 10.6 Å². The molecule has 0 fully saturated rings. The Kier molecular flexibility index (Phi) is 5.79. The van der Waals surface area contributed by atoms with Crippen molar-refractivity contribution in [2.75, 3.05) is 6.54 Å². The van der Waals surface area contributed by atoms with E-state index in [4.69, 9.17) is 11.6 Å². The molecule has 1 heterocycles. The minimum absolute atomic E-state index is 0.0187. The van der Waals surface area contributed by atoms with Crippen molar-refractivity contribution >= 4 is 28.8 Å². The van der Waals surface area contributed by atoms with Crippen molar-refractivity contribution < 1.29 is 4.79 Å². The van der Waals surface area contributed by atoms with Gasteiger partial charge in [-0.15, -0.1) is 11.3 Å². The molecular weight excluding hydrogens is 304 g/mol. The van der Waals surface area contributed by atoms with Gasteiger partial charge in [-0.25, -0.2) is 0 Å². The average molecular weight is 323 g/mol. The van der Waals surface area contributed by atoms with Crippen LogP contribution in [0, 0.1) is 0 Å². The number of halogens is 1. The van der Waals surface area contributed by atoms with Gasteiger partial charge in [-0.1, -0.05) is 35.9 Å². The minimum atomic E-state index is -0.0187. The first-order valence-corrected chi connectivity index (χ1v) is 8.14. The van der Waals surface area contributed by atoms with Crippen molar-refractivity contribution in [2.45, 2.75) is 25.9 Å². The van der Waals surface area contributed by atoms with E-state index in [0.29, 0.717) is 5.02 Å². The molecule has 0 bridgehead atoms. The van der Waals surface area contributed by atoms with Gasteiger partial charge in [0.1, 0.15) is 0 Å². The van der Waals surface area contributed by atoms with Crippen LogP contribution in [0.1, 0.15) is 36.4 Å². The smallest absolute Gasteiger partial charge is 0.234 e. The molecule has 0 saturated carbocycles. The van der Waals surface area contributed by atoms with Gasteiger partial charge in [-0.2, -0.15) is 0 Å². The molecule has 0 aliphatic rings. The topological polar surface area (TPSA) is 41.1 Å². The molecule has 1 amide bonds. The third-order valence-corrected chi connectivity index (χ3v) is 4.69. The van der Waals surface area contributed by atoms with Crippen molar-refractivity contribution in [3.63, 3.8) is 0 Å². The lowest BCUT2D eigenvalue weighted by molar-refractivity contribution is -0.121. The van der Waals surface area contributed by atoms with Crippen LogP contribution in [0.4, 0.5) is 0 Å². The van der Waals surface area contributed by atoms with Crippen LogP contribution in [0.15, 0.2) is 41.8 Å². The van der Waals surface area contributed by atoms with Gasteiger partial charge in [0, 0.05) is 15.9 Å². The highest BCUT2D eigenvalue weighted by Crippen LogP contribution is 2.22. The van der Waals surface area contributed by atoms with E-state index < -0.39 is 0 Å². The van der Waals surface area contributed by atoms with Crippen LogP contribution in [-0.2, 0) is 4.79 Å². The number of rotatable bonds is 6. The summed E-state index contributed by atoms with van der Waals surface area (Å²) in [6, 6.07) is 11.7. The molecule has 0 radical (unpaired) electrons. The Morgan fingerprint density at radius 2 is 1.95 bits per heavy atom. The molecule has 2 N–H and O–H groups in total. The summed E-state index contributed by atoms with van der Waals surface area (Å²) in [5, 5.41) is 8.90. The van der Waals surface area contributed by atoms with Crippen molar-refractivity contribution in [1.29, 1.82) is 0 Å². The second-order valence-electron chi connectivity index (χ2n) is 4.93. The SMILES string of the molecule is C[C@H](NCC(=O)N[C@H](C)c1cccs1)c1ccccc1Cl. The molecule has 2 aromatic rings. The lowest BCUT2D eigenvalue weighted by Gasteiger charge is -2.17. The predicted octanol–water partition coefficient (Wildman–Crippen LogP) is 3.93. The Bertz CT molecular complexity index is 586. The number of thiophene rings is 1. The summed E-state index contributed by atoms with van der Waals surface area (Å²) in [6.45, 7) is 4.25. The van der Waals surface area contributed by atoms with Crippen molar-refractivity contribution in [3.05, 3.63) is 57.2 Å². The van der Waals surface area contributed by atoms with Crippen molar-refractivity contribution in [1.82, 2.24) is 10.6 Å². The van der Waals surface area contributed by atoms with E-state index in [-0.39, 0.29) is 24.5 Å². The highest BCUT2D eigenvalue weighted by atomic mass is 35.5. The Morgan fingerprint density at radius 1 is 1.19 bits per heavy atom. The highest BCUT2D eigenvalue weighted by Gasteiger charge is 2.13. The molecule has 0 spiro atoms. The van der Waals surface area contributed by atoms with E-state index in [2.05, 4.69) is 10.6 Å². The van der Waals surface area contributed by atoms with Crippen LogP contribution in [0.5, 0.6) is 0 Å². The highest BCUT2D eigenvalue weighted by molar-refractivity contribution is 7.10. The molecule has 0 aliphatic carbocycles. The molecule has 21 heavy (non-hydrogen) atoms. The third-order valence-electron chi connectivity index (χ3n) is 3.29. The summed E-state index contributed by atoms with van der Waals surface area (Å²) in [5.41, 5.74) is 0.998. The predicted molar refractivity (Wildman–Crippen MR) is 88.7 cm³/mol. The summed E-state index contributed by atoms with van der Waals surface area (Å²) in [7, 11) is 0. The number of hydrogen-bond acceptors (Lipinski definition) is 3. The number of carbonyl (C=O) groups excluding carboxylic acids is 1. The van der Waals surface area contributed by atoms with Gasteiger partial charge in [0.2, 0.25) is 5.91 Å². The lowest BCUT2D eigenvalue weighted by atomic mass is 10.1. The van der Waals surface area contributed by atoms with Crippen LogP contribution in [-0.4, -0.2) is 12.5 Å². The van der Waals surface area contributed by atoms with Gasteiger partial charge in [0.15, 0.2) is 0 Å². The normalized spacial score (nSPS) is 13.7. The summed E-state index contributed by atoms with van der Waals surface area (Å²) >= 11 is 7.79. The fourth-order valence-electron chi connectivity index (χ4n) is 2.08. The van der Waals surface area contributed by atoms with E-state index in [1.807, 2.05) is 55.6 Å². The molecule has 5 heteroatoms. The fourth-order valence-corrected chi connectivity index (χ4v) is 3.12. The number of amides is 1. The van der Waals surface area contributed by atoms with Crippen molar-refractivity contribution in [3.8, 4) is 0 Å². The Morgan fingerprint density at radius 3 is 2.62 bits per heavy atom. The molecular formula is C16H19ClN2OS. The summed E-state index contributed by atoms with van der Waals surface area (Å²) in [5.74, 6) is -0.0187. The van der Waals surface area contributed by atoms with Gasteiger partial charge in [-0.3, -0.25) is 4.79 Å². The minimum Gasteiger partial charge on any atom is -0.348 e. The molecule has 112 valence electrons. The van der Waals surface area contributed by atoms with Gasteiger partial charge in [0.25, 0.3) is 0 Å². The monoisotopic (exact) mass is 322 g/mol. The van der Waals surface area contributed by atoms with Gasteiger partial charge in [0.05, 0.1) is 12.6 Å². The first kappa shape index (κ1) is 16.0. The molecule has 2 atom stereocenters. The van der Waals surface area contributed by atoms with E-state index in [1.54, 1.807) is 11.3 Å². The molecule has 0 aliphatic heterocycles. The summed E-state index contributed by atoms with van der Waals surface area (Å²) in [6.07, 6.45) is 0. The van der Waals surface area contributed by atoms with E-state index in [0.717, 1.165) is 10.4 Å². The second-order valence-corrected chi connectivity index (χ2v) is 6.32. The largest absolute Gasteiger partial charge is 0.348 e. The zero-order valence-electron chi connectivity index (χ0n) is 12.1. The number of nitrogens with one attached hydrogen (secondary N) is 2. The quantitative estimate of drug-likeness (QED) is 0.846. The van der Waals surface area contributed by atoms with Gasteiger partial charge >= 0.3 is 0 Å². The lowest BCUT2D eigenvalue weighted by Crippen LogP contribution is -2.36. The van der Waals surface area contributed by atoms with Crippen LogP contribution >= 0.6 is 22.9 Å². The molecule has 1 aromatic carbocycles. The maximum absolute atomic E-state index is 12.0. The zero-order valence-corrected chi connectivity index (χ0v) is 13.7. The van der Waals surface area contributed by atoms with Crippen LogP contribution in [0.2, 0.25) is 5.02 Å². The van der Waals surface area contributed by atoms with Crippen LogP contribution in [0.25, 0.3) is 0 Å². The molecule has 3 nitrogen and oxygen atoms in total. The van der Waals surface area contributed by atoms with E-state index >= 15 is 0 Å². The first-order chi connectivity index (χ1) is 10.1. The van der Waals surface area contributed by atoms with Crippen LogP contribution in [0.3, 0.4) is 0 Å². The Labute approximate surface area is 134 Å². The number of benzene rings is 1. The summed E-state index contributed by atoms with van der Waals surface area (Å²) < 4.78 is 0. The van der Waals surface area contributed by atoms with E-state index in [9.17, 15) is 4.79 Å². The van der Waals surface area contributed by atoms with Crippen molar-refractivity contribution in [2.24, 2.45) is 0 Å². The maximum Gasteiger partial charge on any atom is 0.234 e. The summed E-state index contributed by atoms with van der Waals surface area (Å²) in [4.78, 5) is 13.1.